The third kappa shape index (κ3) is 5640. The van der Waals surface area contributed by atoms with Crippen molar-refractivity contribution in [3.63, 3.8) is 0 Å². The Kier molecular flexibility index (Phi) is 131. The Morgan fingerprint density at radius 3 is 0.818 bits per heavy atom. The molecule has 0 radical (unpaired) electrons. The van der Waals surface area contributed by atoms with Gasteiger partial charge in [0, 0.05) is 21.1 Å². The molecule has 13 N–H and O–H groups in total. The third-order valence-electron chi connectivity index (χ3n) is 0. The van der Waals surface area contributed by atoms with E-state index in [4.69, 9.17) is 17.5 Å². The van der Waals surface area contributed by atoms with Crippen molar-refractivity contribution >= 4 is 10.4 Å². The average molecular weight is 283 g/mol. The smallest absolute Gasteiger partial charge is 0.394 e. The van der Waals surface area contributed by atoms with Crippen LogP contribution in [0.5, 0.6) is 0 Å². The zero-order valence-electron chi connectivity index (χ0n) is 5.23. The van der Waals surface area contributed by atoms with Crippen LogP contribution < -0.4 is 6.15 Å². The summed E-state index contributed by atoms with van der Waals surface area (Å²) in [7, 11) is -4.67. The minimum Gasteiger partial charge on any atom is -0.412 e. The SMILES string of the molecule is N.O.O.O.O.O=S(=O)(O)O.[Mo]. The summed E-state index contributed by atoms with van der Waals surface area (Å²) in [6.07, 6.45) is 0. The Hall–Kier alpha value is 0.358. The van der Waals surface area contributed by atoms with Gasteiger partial charge < -0.3 is 28.1 Å². The van der Waals surface area contributed by atoms with Crippen LogP contribution in [-0.2, 0) is 31.5 Å². The van der Waals surface area contributed by atoms with Crippen LogP contribution in [0.1, 0.15) is 0 Å². The van der Waals surface area contributed by atoms with Gasteiger partial charge in [0.15, 0.2) is 0 Å². The second-order valence-electron chi connectivity index (χ2n) is 0.448. The van der Waals surface area contributed by atoms with Gasteiger partial charge in [0.1, 0.15) is 0 Å². The maximum absolute atomic E-state index is 8.74. The standard InChI is InChI=1S/Mo.H3N.H2O4S.4H2O/c;;1-5(2,3)4;;;;/h;1H3;(H2,1,2,3,4);4*1H2. The summed E-state index contributed by atoms with van der Waals surface area (Å²) in [5.41, 5.74) is 0. The molecule has 0 heterocycles. The van der Waals surface area contributed by atoms with E-state index in [1.807, 2.05) is 0 Å². The fourth-order valence-corrected chi connectivity index (χ4v) is 0. The fraction of sp³-hybridized carbons (Fsp3) is 0. The molecule has 11 heavy (non-hydrogen) atoms. The maximum atomic E-state index is 8.74. The van der Waals surface area contributed by atoms with E-state index in [1.54, 1.807) is 0 Å². The summed E-state index contributed by atoms with van der Waals surface area (Å²) in [4.78, 5) is 0. The molecule has 0 amide bonds. The number of hydrogen-bond acceptors (Lipinski definition) is 3. The largest absolute Gasteiger partial charge is 0.412 e. The van der Waals surface area contributed by atoms with Crippen LogP contribution in [-0.4, -0.2) is 39.4 Å². The number of hydrogen-bond donors (Lipinski definition) is 3. The van der Waals surface area contributed by atoms with Gasteiger partial charge in [-0.05, 0) is 0 Å². The van der Waals surface area contributed by atoms with Crippen LogP contribution in [0.15, 0.2) is 0 Å². The van der Waals surface area contributed by atoms with Gasteiger partial charge in [0.2, 0.25) is 0 Å². The molecular weight excluding hydrogens is 270 g/mol. The summed E-state index contributed by atoms with van der Waals surface area (Å²) in [5.74, 6) is 0. The van der Waals surface area contributed by atoms with Crippen molar-refractivity contribution in [3.05, 3.63) is 0 Å². The summed E-state index contributed by atoms with van der Waals surface area (Å²) in [6, 6.07) is 0. The molecule has 0 saturated heterocycles. The Bertz CT molecular complexity index is 97.3. The van der Waals surface area contributed by atoms with Gasteiger partial charge in [0.05, 0.1) is 0 Å². The first-order valence-electron chi connectivity index (χ1n) is 0.698. The number of rotatable bonds is 0. The van der Waals surface area contributed by atoms with Crippen LogP contribution in [0.4, 0.5) is 0 Å². The van der Waals surface area contributed by atoms with Crippen molar-refractivity contribution in [2.45, 2.75) is 0 Å². The average Bonchev–Trinajstić information content (AvgIpc) is 0.722. The van der Waals surface area contributed by atoms with E-state index in [1.165, 1.54) is 0 Å². The molecule has 0 rings (SSSR count). The van der Waals surface area contributed by atoms with Crippen LogP contribution in [0.3, 0.4) is 0 Å². The van der Waals surface area contributed by atoms with Gasteiger partial charge in [0.25, 0.3) is 0 Å². The summed E-state index contributed by atoms with van der Waals surface area (Å²) in [5, 5.41) is 0. The molecule has 0 aromatic carbocycles. The van der Waals surface area contributed by atoms with Gasteiger partial charge in [-0.15, -0.1) is 0 Å². The van der Waals surface area contributed by atoms with Crippen molar-refractivity contribution in [2.24, 2.45) is 0 Å². The van der Waals surface area contributed by atoms with Crippen LogP contribution in [0.25, 0.3) is 0 Å². The van der Waals surface area contributed by atoms with Crippen molar-refractivity contribution in [2.75, 3.05) is 0 Å². The second-order valence-corrected chi connectivity index (χ2v) is 1.34. The molecular formula is H13MoNO8S. The van der Waals surface area contributed by atoms with Crippen molar-refractivity contribution in [3.8, 4) is 0 Å². The Balaban J connectivity index is -0.00000000533. The van der Waals surface area contributed by atoms with Crippen molar-refractivity contribution < 1.29 is 60.5 Å². The summed E-state index contributed by atoms with van der Waals surface area (Å²) < 4.78 is 31.6. The van der Waals surface area contributed by atoms with Gasteiger partial charge >= 0.3 is 10.4 Å². The first kappa shape index (κ1) is 64.2. The predicted molar refractivity (Wildman–Crippen MR) is 33.7 cm³/mol. The quantitative estimate of drug-likeness (QED) is 0.298. The Morgan fingerprint density at radius 1 is 0.818 bits per heavy atom. The molecule has 0 aromatic heterocycles. The maximum Gasteiger partial charge on any atom is 0.394 e. The molecule has 0 fully saturated rings. The van der Waals surface area contributed by atoms with E-state index >= 15 is 0 Å². The molecule has 9 nitrogen and oxygen atoms in total. The molecule has 11 heteroatoms. The molecule has 0 spiro atoms. The fourth-order valence-electron chi connectivity index (χ4n) is 0. The topological polar surface area (TPSA) is 236 Å². The van der Waals surface area contributed by atoms with E-state index in [9.17, 15) is 0 Å². The second kappa shape index (κ2) is 22.4. The van der Waals surface area contributed by atoms with Gasteiger partial charge in [-0.3, -0.25) is 9.11 Å². The van der Waals surface area contributed by atoms with E-state index in [2.05, 4.69) is 0 Å². The molecule has 78 valence electrons. The minimum atomic E-state index is -4.67. The summed E-state index contributed by atoms with van der Waals surface area (Å²) in [6.45, 7) is 0. The monoisotopic (exact) mass is 285 g/mol. The molecule has 0 saturated carbocycles. The third-order valence-corrected chi connectivity index (χ3v) is 0. The normalized spacial score (nSPS) is 5.27. The van der Waals surface area contributed by atoms with Crippen LogP contribution >= 0.6 is 0 Å². The Morgan fingerprint density at radius 2 is 0.818 bits per heavy atom. The Labute approximate surface area is 77.5 Å². The molecule has 0 atom stereocenters. The van der Waals surface area contributed by atoms with E-state index in [-0.39, 0.29) is 49.1 Å². The van der Waals surface area contributed by atoms with Crippen LogP contribution in [0, 0.1) is 0 Å². The molecule has 0 aliphatic carbocycles. The van der Waals surface area contributed by atoms with E-state index in [0.717, 1.165) is 0 Å². The first-order chi connectivity index (χ1) is 2.00. The zero-order valence-corrected chi connectivity index (χ0v) is 8.06. The molecule has 0 aliphatic heterocycles. The van der Waals surface area contributed by atoms with E-state index in [0.29, 0.717) is 0 Å². The van der Waals surface area contributed by atoms with Crippen molar-refractivity contribution in [1.29, 1.82) is 0 Å². The van der Waals surface area contributed by atoms with Gasteiger partial charge in [-0.2, -0.15) is 8.42 Å². The predicted octanol–water partition coefficient (Wildman–Crippen LogP) is -3.79. The molecule has 0 bridgehead atoms. The first-order valence-corrected chi connectivity index (χ1v) is 2.10. The van der Waals surface area contributed by atoms with Crippen molar-refractivity contribution in [1.82, 2.24) is 6.15 Å². The molecule has 0 aliphatic rings. The summed E-state index contributed by atoms with van der Waals surface area (Å²) >= 11 is 0. The minimum absolute atomic E-state index is 0. The molecule has 0 unspecified atom stereocenters. The van der Waals surface area contributed by atoms with E-state index < -0.39 is 10.4 Å². The molecule has 0 aromatic rings. The van der Waals surface area contributed by atoms with Crippen LogP contribution in [0.2, 0.25) is 0 Å². The van der Waals surface area contributed by atoms with Gasteiger partial charge in [-0.25, -0.2) is 0 Å². The van der Waals surface area contributed by atoms with Gasteiger partial charge in [-0.1, -0.05) is 0 Å². The zero-order chi connectivity index (χ0) is 4.50.